The molecule has 0 aliphatic heterocycles. The first kappa shape index (κ1) is 17.4. The van der Waals surface area contributed by atoms with Crippen molar-refractivity contribution in [3.8, 4) is 11.3 Å². The maximum Gasteiger partial charge on any atom is 0.310 e. The van der Waals surface area contributed by atoms with Gasteiger partial charge in [0.25, 0.3) is 0 Å². The molecule has 0 aliphatic carbocycles. The van der Waals surface area contributed by atoms with Gasteiger partial charge in [-0.1, -0.05) is 42.5 Å². The third-order valence-corrected chi connectivity index (χ3v) is 3.59. The topological polar surface area (TPSA) is 81.4 Å². The number of carbonyl (C=O) groups excluding carboxylic acids is 2. The Morgan fingerprint density at radius 3 is 2.50 bits per heavy atom. The van der Waals surface area contributed by atoms with Gasteiger partial charge in [-0.2, -0.15) is 0 Å². The summed E-state index contributed by atoms with van der Waals surface area (Å²) in [6.45, 7) is 1.42. The van der Waals surface area contributed by atoms with Crippen molar-refractivity contribution in [3.63, 3.8) is 0 Å². The predicted octanol–water partition coefficient (Wildman–Crippen LogP) is 3.59. The Labute approximate surface area is 150 Å². The van der Waals surface area contributed by atoms with Crippen molar-refractivity contribution in [2.45, 2.75) is 20.0 Å². The number of benzene rings is 2. The number of anilines is 1. The molecule has 132 valence electrons. The molecule has 0 saturated heterocycles. The third kappa shape index (κ3) is 4.80. The highest BCUT2D eigenvalue weighted by atomic mass is 16.5. The quantitative estimate of drug-likeness (QED) is 0.687. The molecule has 6 nitrogen and oxygen atoms in total. The van der Waals surface area contributed by atoms with Crippen LogP contribution in [0.25, 0.3) is 11.3 Å². The first-order valence-corrected chi connectivity index (χ1v) is 8.12. The van der Waals surface area contributed by atoms with Crippen molar-refractivity contribution in [1.29, 1.82) is 0 Å². The van der Waals surface area contributed by atoms with Crippen LogP contribution in [-0.4, -0.2) is 16.9 Å². The van der Waals surface area contributed by atoms with E-state index >= 15 is 0 Å². The van der Waals surface area contributed by atoms with Crippen LogP contribution in [0.2, 0.25) is 0 Å². The Hall–Kier alpha value is -3.41. The average molecular weight is 350 g/mol. The number of nitrogens with zero attached hydrogens (tertiary/aromatic N) is 1. The van der Waals surface area contributed by atoms with E-state index in [1.165, 1.54) is 6.92 Å². The summed E-state index contributed by atoms with van der Waals surface area (Å²) in [6, 6.07) is 16.6. The second-order valence-electron chi connectivity index (χ2n) is 5.70. The lowest BCUT2D eigenvalue weighted by molar-refractivity contribution is -0.144. The molecular weight excluding hydrogens is 332 g/mol. The average Bonchev–Trinajstić information content (AvgIpc) is 3.11. The van der Waals surface area contributed by atoms with Crippen LogP contribution in [0.4, 0.5) is 5.69 Å². The maximum absolute atomic E-state index is 12.0. The number of esters is 1. The summed E-state index contributed by atoms with van der Waals surface area (Å²) in [7, 11) is 0. The number of carbonyl (C=O) groups is 2. The molecule has 1 heterocycles. The van der Waals surface area contributed by atoms with Crippen molar-refractivity contribution in [2.75, 3.05) is 5.32 Å². The smallest absolute Gasteiger partial charge is 0.310 e. The highest BCUT2D eigenvalue weighted by Crippen LogP contribution is 2.20. The van der Waals surface area contributed by atoms with Crippen LogP contribution in [0.1, 0.15) is 18.4 Å². The standard InChI is InChI=1S/C20H18N2O4/c1-14(23)22-17-9-7-15(8-10-17)11-20(24)25-13-19-21-12-18(26-19)16-5-3-2-4-6-16/h2-10,12H,11,13H2,1H3,(H,22,23). The van der Waals surface area contributed by atoms with Crippen LogP contribution in [0.5, 0.6) is 0 Å². The van der Waals surface area contributed by atoms with Crippen molar-refractivity contribution >= 4 is 17.6 Å². The lowest BCUT2D eigenvalue weighted by atomic mass is 10.1. The normalized spacial score (nSPS) is 10.3. The van der Waals surface area contributed by atoms with Gasteiger partial charge < -0.3 is 14.5 Å². The Kier molecular flexibility index (Phi) is 5.43. The Balaban J connectivity index is 1.51. The zero-order chi connectivity index (χ0) is 18.4. The van der Waals surface area contributed by atoms with Crippen molar-refractivity contribution in [3.05, 3.63) is 72.2 Å². The van der Waals surface area contributed by atoms with Crippen molar-refractivity contribution < 1.29 is 18.7 Å². The third-order valence-electron chi connectivity index (χ3n) is 3.59. The minimum Gasteiger partial charge on any atom is -0.455 e. The van der Waals surface area contributed by atoms with E-state index in [-0.39, 0.29) is 24.9 Å². The van der Waals surface area contributed by atoms with Crippen LogP contribution < -0.4 is 5.32 Å². The van der Waals surface area contributed by atoms with Gasteiger partial charge in [0.15, 0.2) is 12.4 Å². The molecule has 2 aromatic carbocycles. The Morgan fingerprint density at radius 1 is 1.08 bits per heavy atom. The van der Waals surface area contributed by atoms with E-state index < -0.39 is 0 Å². The maximum atomic E-state index is 12.0. The molecule has 0 spiro atoms. The first-order valence-electron chi connectivity index (χ1n) is 8.12. The number of aromatic nitrogens is 1. The lowest BCUT2D eigenvalue weighted by Crippen LogP contribution is -2.09. The van der Waals surface area contributed by atoms with E-state index in [1.807, 2.05) is 30.3 Å². The van der Waals surface area contributed by atoms with Gasteiger partial charge in [-0.15, -0.1) is 0 Å². The van der Waals surface area contributed by atoms with Crippen LogP contribution in [0, 0.1) is 0 Å². The summed E-state index contributed by atoms with van der Waals surface area (Å²) < 4.78 is 10.8. The Bertz CT molecular complexity index is 886. The Morgan fingerprint density at radius 2 is 1.81 bits per heavy atom. The second kappa shape index (κ2) is 8.11. The lowest BCUT2D eigenvalue weighted by Gasteiger charge is -2.05. The summed E-state index contributed by atoms with van der Waals surface area (Å²) in [5.41, 5.74) is 2.39. The molecule has 0 bridgehead atoms. The molecule has 26 heavy (non-hydrogen) atoms. The minimum atomic E-state index is -0.378. The van der Waals surface area contributed by atoms with Gasteiger partial charge in [-0.05, 0) is 17.7 Å². The van der Waals surface area contributed by atoms with Gasteiger partial charge in [0.2, 0.25) is 11.8 Å². The molecule has 6 heteroatoms. The van der Waals surface area contributed by atoms with Gasteiger partial charge in [-0.3, -0.25) is 9.59 Å². The highest BCUT2D eigenvalue weighted by molar-refractivity contribution is 5.88. The number of amides is 1. The number of hydrogen-bond acceptors (Lipinski definition) is 5. The zero-order valence-electron chi connectivity index (χ0n) is 14.3. The molecule has 0 saturated carbocycles. The number of nitrogens with one attached hydrogen (secondary N) is 1. The molecule has 0 unspecified atom stereocenters. The monoisotopic (exact) mass is 350 g/mol. The molecule has 0 atom stereocenters. The van der Waals surface area contributed by atoms with Gasteiger partial charge >= 0.3 is 5.97 Å². The number of ether oxygens (including phenoxy) is 1. The van der Waals surface area contributed by atoms with E-state index in [4.69, 9.17) is 9.15 Å². The number of oxazole rings is 1. The SMILES string of the molecule is CC(=O)Nc1ccc(CC(=O)OCc2ncc(-c3ccccc3)o2)cc1. The number of hydrogen-bond donors (Lipinski definition) is 1. The molecule has 3 aromatic rings. The van der Waals surface area contributed by atoms with Crippen molar-refractivity contribution in [1.82, 2.24) is 4.98 Å². The molecule has 3 rings (SSSR count). The number of rotatable bonds is 6. The van der Waals surface area contributed by atoms with Crippen LogP contribution in [0.3, 0.4) is 0 Å². The van der Waals surface area contributed by atoms with Crippen LogP contribution in [0.15, 0.2) is 65.2 Å². The zero-order valence-corrected chi connectivity index (χ0v) is 14.3. The molecule has 0 aliphatic rings. The van der Waals surface area contributed by atoms with Gasteiger partial charge in [0.05, 0.1) is 12.6 Å². The largest absolute Gasteiger partial charge is 0.455 e. The van der Waals surface area contributed by atoms with E-state index in [9.17, 15) is 9.59 Å². The fourth-order valence-corrected chi connectivity index (χ4v) is 2.38. The van der Waals surface area contributed by atoms with Gasteiger partial charge in [0.1, 0.15) is 0 Å². The van der Waals surface area contributed by atoms with Crippen LogP contribution >= 0.6 is 0 Å². The van der Waals surface area contributed by atoms with E-state index in [0.717, 1.165) is 11.1 Å². The summed E-state index contributed by atoms with van der Waals surface area (Å²) in [4.78, 5) is 27.1. The fourth-order valence-electron chi connectivity index (χ4n) is 2.38. The predicted molar refractivity (Wildman–Crippen MR) is 96.2 cm³/mol. The second-order valence-corrected chi connectivity index (χ2v) is 5.70. The highest BCUT2D eigenvalue weighted by Gasteiger charge is 2.10. The molecule has 1 amide bonds. The van der Waals surface area contributed by atoms with E-state index in [1.54, 1.807) is 30.5 Å². The summed E-state index contributed by atoms with van der Waals surface area (Å²) in [5, 5.41) is 2.67. The summed E-state index contributed by atoms with van der Waals surface area (Å²) in [6.07, 6.45) is 1.74. The fraction of sp³-hybridized carbons (Fsp3) is 0.150. The van der Waals surface area contributed by atoms with Crippen LogP contribution in [-0.2, 0) is 27.4 Å². The van der Waals surface area contributed by atoms with Gasteiger partial charge in [0, 0.05) is 18.2 Å². The molecular formula is C20H18N2O4. The summed E-state index contributed by atoms with van der Waals surface area (Å²) in [5.74, 6) is 0.457. The van der Waals surface area contributed by atoms with E-state index in [0.29, 0.717) is 17.3 Å². The summed E-state index contributed by atoms with van der Waals surface area (Å²) >= 11 is 0. The first-order chi connectivity index (χ1) is 12.6. The van der Waals surface area contributed by atoms with E-state index in [2.05, 4.69) is 10.3 Å². The molecule has 1 N–H and O–H groups in total. The molecule has 0 fully saturated rings. The molecule has 0 radical (unpaired) electrons. The molecule has 1 aromatic heterocycles. The minimum absolute atomic E-state index is 0.0182. The van der Waals surface area contributed by atoms with Gasteiger partial charge in [-0.25, -0.2) is 4.98 Å². The van der Waals surface area contributed by atoms with Crippen molar-refractivity contribution in [2.24, 2.45) is 0 Å².